The van der Waals surface area contributed by atoms with E-state index in [4.69, 9.17) is 16.3 Å². The van der Waals surface area contributed by atoms with Gasteiger partial charge in [0.2, 0.25) is 11.8 Å². The first-order chi connectivity index (χ1) is 17.0. The van der Waals surface area contributed by atoms with Crippen molar-refractivity contribution >= 4 is 40.3 Å². The van der Waals surface area contributed by atoms with Gasteiger partial charge < -0.3 is 20.4 Å². The van der Waals surface area contributed by atoms with E-state index < -0.39 is 37.1 Å². The number of imidazole rings is 1. The van der Waals surface area contributed by atoms with Crippen LogP contribution in [0.4, 0.5) is 33.6 Å². The van der Waals surface area contributed by atoms with Gasteiger partial charge in [-0.1, -0.05) is 11.6 Å². The number of halogens is 6. The predicted octanol–water partition coefficient (Wildman–Crippen LogP) is 5.55. The number of fused-ring (bicyclic) bond motifs is 1. The summed E-state index contributed by atoms with van der Waals surface area (Å²) in [6.07, 6.45) is -5.48. The van der Waals surface area contributed by atoms with Crippen molar-refractivity contribution in [2.24, 2.45) is 5.92 Å². The molecule has 8 nitrogen and oxygen atoms in total. The maximum atomic E-state index is 13.0. The topological polar surface area (TPSA) is 105 Å². The SMILES string of the molecule is Cc1ccnc(Cl)c1Nc1nc2cc(C(=O)N[C@H]3CC[C@H](C(F)(F)F)CC3)c(OCC(F)F)nc2[nH]1. The van der Waals surface area contributed by atoms with Gasteiger partial charge in [0.15, 0.2) is 17.4 Å². The lowest BCUT2D eigenvalue weighted by Crippen LogP contribution is -2.40. The number of rotatable bonds is 7. The number of ether oxygens (including phenoxy) is 1. The lowest BCUT2D eigenvalue weighted by Gasteiger charge is -2.30. The lowest BCUT2D eigenvalue weighted by atomic mass is 9.85. The first kappa shape index (κ1) is 25.9. The Balaban J connectivity index is 1.57. The van der Waals surface area contributed by atoms with Gasteiger partial charge in [0.05, 0.1) is 11.6 Å². The molecule has 3 N–H and O–H groups in total. The zero-order valence-electron chi connectivity index (χ0n) is 18.9. The maximum absolute atomic E-state index is 13.0. The smallest absolute Gasteiger partial charge is 0.391 e. The van der Waals surface area contributed by atoms with E-state index in [2.05, 4.69) is 30.6 Å². The Labute approximate surface area is 207 Å². The summed E-state index contributed by atoms with van der Waals surface area (Å²) in [6, 6.07) is 2.55. The Hall–Kier alpha value is -3.22. The van der Waals surface area contributed by atoms with E-state index in [-0.39, 0.29) is 59.4 Å². The van der Waals surface area contributed by atoms with Crippen molar-refractivity contribution in [1.29, 1.82) is 0 Å². The first-order valence-corrected chi connectivity index (χ1v) is 11.5. The number of pyridine rings is 2. The fraction of sp³-hybridized carbons (Fsp3) is 0.455. The van der Waals surface area contributed by atoms with Crippen LogP contribution in [0.2, 0.25) is 5.15 Å². The molecule has 1 saturated carbocycles. The second-order valence-electron chi connectivity index (χ2n) is 8.48. The Morgan fingerprint density at radius 2 is 1.97 bits per heavy atom. The molecule has 1 aliphatic carbocycles. The molecule has 0 radical (unpaired) electrons. The van der Waals surface area contributed by atoms with Crippen LogP contribution in [0.3, 0.4) is 0 Å². The molecule has 4 rings (SSSR count). The lowest BCUT2D eigenvalue weighted by molar-refractivity contribution is -0.182. The van der Waals surface area contributed by atoms with Crippen molar-refractivity contribution in [3.05, 3.63) is 34.6 Å². The number of alkyl halides is 5. The molecular formula is C22H22ClF5N6O2. The quantitative estimate of drug-likeness (QED) is 0.272. The van der Waals surface area contributed by atoms with Crippen LogP contribution in [0.5, 0.6) is 5.88 Å². The summed E-state index contributed by atoms with van der Waals surface area (Å²) < 4.78 is 69.5. The standard InChI is InChI=1S/C22H22ClF5N6O2/c1-10-6-7-29-17(23)16(10)32-21-31-14-8-13(20(33-18(14)34-21)36-9-15(24)25)19(35)30-12-4-2-11(3-5-12)22(26,27)28/h6-8,11-12,15H,2-5,9H2,1H3,(H,30,35)(H2,31,32,33,34)/t11-,12-. The van der Waals surface area contributed by atoms with Crippen molar-refractivity contribution in [2.45, 2.75) is 51.3 Å². The highest BCUT2D eigenvalue weighted by Gasteiger charge is 2.41. The molecule has 3 aromatic heterocycles. The Morgan fingerprint density at radius 1 is 1.25 bits per heavy atom. The van der Waals surface area contributed by atoms with E-state index in [1.165, 1.54) is 12.3 Å². The van der Waals surface area contributed by atoms with Gasteiger partial charge in [-0.05, 0) is 50.3 Å². The van der Waals surface area contributed by atoms with Crippen LogP contribution in [0, 0.1) is 12.8 Å². The van der Waals surface area contributed by atoms with Gasteiger partial charge >= 0.3 is 6.18 Å². The number of anilines is 2. The molecule has 36 heavy (non-hydrogen) atoms. The third-order valence-electron chi connectivity index (χ3n) is 5.91. The molecule has 1 aliphatic rings. The summed E-state index contributed by atoms with van der Waals surface area (Å²) in [4.78, 5) is 28.3. The normalized spacial score (nSPS) is 18.4. The van der Waals surface area contributed by atoms with Crippen molar-refractivity contribution in [2.75, 3.05) is 11.9 Å². The number of aryl methyl sites for hydroxylation is 1. The number of H-pyrrole nitrogens is 1. The van der Waals surface area contributed by atoms with Crippen LogP contribution in [0.15, 0.2) is 18.3 Å². The Kier molecular flexibility index (Phi) is 7.48. The third-order valence-corrected chi connectivity index (χ3v) is 6.20. The number of carbonyl (C=O) groups is 1. The van der Waals surface area contributed by atoms with Gasteiger partial charge in [0.25, 0.3) is 12.3 Å². The number of nitrogens with zero attached hydrogens (tertiary/aromatic N) is 3. The molecule has 0 aliphatic heterocycles. The molecule has 0 unspecified atom stereocenters. The molecular weight excluding hydrogens is 511 g/mol. The predicted molar refractivity (Wildman–Crippen MR) is 122 cm³/mol. The number of nitrogens with one attached hydrogen (secondary N) is 3. The summed E-state index contributed by atoms with van der Waals surface area (Å²) in [6.45, 7) is 0.802. The molecule has 1 amide bonds. The highest BCUT2D eigenvalue weighted by atomic mass is 35.5. The van der Waals surface area contributed by atoms with E-state index in [0.29, 0.717) is 5.69 Å². The van der Waals surface area contributed by atoms with Crippen molar-refractivity contribution in [1.82, 2.24) is 25.3 Å². The minimum absolute atomic E-state index is 0.106. The average molecular weight is 533 g/mol. The zero-order valence-corrected chi connectivity index (χ0v) is 19.7. The van der Waals surface area contributed by atoms with Gasteiger partial charge in [-0.2, -0.15) is 18.2 Å². The Morgan fingerprint density at radius 3 is 2.61 bits per heavy atom. The highest BCUT2D eigenvalue weighted by molar-refractivity contribution is 6.32. The van der Waals surface area contributed by atoms with Gasteiger partial charge in [-0.3, -0.25) is 4.79 Å². The van der Waals surface area contributed by atoms with Crippen molar-refractivity contribution < 1.29 is 31.5 Å². The molecule has 3 aromatic rings. The van der Waals surface area contributed by atoms with Crippen molar-refractivity contribution in [3.8, 4) is 5.88 Å². The molecule has 0 atom stereocenters. The van der Waals surface area contributed by atoms with Crippen LogP contribution in [-0.2, 0) is 0 Å². The fourth-order valence-corrected chi connectivity index (χ4v) is 4.27. The first-order valence-electron chi connectivity index (χ1n) is 11.1. The maximum Gasteiger partial charge on any atom is 0.391 e. The largest absolute Gasteiger partial charge is 0.471 e. The van der Waals surface area contributed by atoms with E-state index in [1.807, 2.05) is 0 Å². The monoisotopic (exact) mass is 532 g/mol. The Bertz CT molecular complexity index is 1220. The van der Waals surface area contributed by atoms with E-state index in [9.17, 15) is 26.7 Å². The van der Waals surface area contributed by atoms with Gasteiger partial charge in [0.1, 0.15) is 11.1 Å². The number of aromatic amines is 1. The van der Waals surface area contributed by atoms with Gasteiger partial charge in [-0.25, -0.2) is 18.7 Å². The van der Waals surface area contributed by atoms with Gasteiger partial charge in [-0.15, -0.1) is 0 Å². The third kappa shape index (κ3) is 5.94. The van der Waals surface area contributed by atoms with E-state index in [1.54, 1.807) is 13.0 Å². The van der Waals surface area contributed by atoms with Crippen LogP contribution >= 0.6 is 11.6 Å². The van der Waals surface area contributed by atoms with Crippen LogP contribution < -0.4 is 15.4 Å². The number of amides is 1. The molecule has 1 fully saturated rings. The highest BCUT2D eigenvalue weighted by Crippen LogP contribution is 2.37. The van der Waals surface area contributed by atoms with Crippen LogP contribution in [0.1, 0.15) is 41.6 Å². The number of hydrogen-bond donors (Lipinski definition) is 3. The van der Waals surface area contributed by atoms with E-state index in [0.717, 1.165) is 5.56 Å². The van der Waals surface area contributed by atoms with Crippen molar-refractivity contribution in [3.63, 3.8) is 0 Å². The summed E-state index contributed by atoms with van der Waals surface area (Å²) in [5, 5.41) is 5.84. The summed E-state index contributed by atoms with van der Waals surface area (Å²) in [7, 11) is 0. The molecule has 0 bridgehead atoms. The fourth-order valence-electron chi connectivity index (χ4n) is 4.02. The minimum atomic E-state index is -4.27. The van der Waals surface area contributed by atoms with Crippen LogP contribution in [0.25, 0.3) is 11.2 Å². The second kappa shape index (κ2) is 10.4. The zero-order chi connectivity index (χ0) is 26.0. The number of hydrogen-bond acceptors (Lipinski definition) is 6. The average Bonchev–Trinajstić information content (AvgIpc) is 3.20. The second-order valence-corrected chi connectivity index (χ2v) is 8.84. The molecule has 3 heterocycles. The molecule has 194 valence electrons. The summed E-state index contributed by atoms with van der Waals surface area (Å²) >= 11 is 6.13. The summed E-state index contributed by atoms with van der Waals surface area (Å²) in [5.41, 5.74) is 1.49. The molecule has 0 spiro atoms. The summed E-state index contributed by atoms with van der Waals surface area (Å²) in [5.74, 6) is -2.25. The number of carbonyl (C=O) groups excluding carboxylic acids is 1. The molecule has 0 saturated heterocycles. The molecule has 0 aromatic carbocycles. The van der Waals surface area contributed by atoms with Gasteiger partial charge in [0, 0.05) is 12.2 Å². The molecule has 14 heteroatoms. The van der Waals surface area contributed by atoms with Crippen LogP contribution in [-0.4, -0.2) is 51.1 Å². The number of aromatic nitrogens is 4. The minimum Gasteiger partial charge on any atom is -0.471 e. The van der Waals surface area contributed by atoms with E-state index >= 15 is 0 Å².